The van der Waals surface area contributed by atoms with E-state index in [2.05, 4.69) is 10.3 Å². The lowest BCUT2D eigenvalue weighted by Gasteiger charge is -2.10. The first-order valence-electron chi connectivity index (χ1n) is 8.72. The van der Waals surface area contributed by atoms with Crippen LogP contribution in [-0.2, 0) is 11.3 Å². The molecular weight excluding hydrogens is 415 g/mol. The van der Waals surface area contributed by atoms with Crippen LogP contribution in [0.25, 0.3) is 10.6 Å². The van der Waals surface area contributed by atoms with E-state index >= 15 is 0 Å². The third kappa shape index (κ3) is 4.85. The highest BCUT2D eigenvalue weighted by Gasteiger charge is 2.13. The van der Waals surface area contributed by atoms with Crippen molar-refractivity contribution in [3.63, 3.8) is 0 Å². The second-order valence-electron chi connectivity index (χ2n) is 6.44. The average Bonchev–Trinajstić information content (AvgIpc) is 3.03. The largest absolute Gasteiger partial charge is 0.484 e. The van der Waals surface area contributed by atoms with E-state index in [0.717, 1.165) is 32.3 Å². The SMILES string of the molecule is Cc1cc(OCC(=O)NCc2sc(-c3ccccc3Cl)nc2C)cc(C)c1Cl. The van der Waals surface area contributed by atoms with E-state index < -0.39 is 0 Å². The van der Waals surface area contributed by atoms with Crippen molar-refractivity contribution in [3.05, 3.63) is 68.1 Å². The minimum absolute atomic E-state index is 0.0598. The summed E-state index contributed by atoms with van der Waals surface area (Å²) >= 11 is 13.9. The minimum atomic E-state index is -0.197. The van der Waals surface area contributed by atoms with Crippen molar-refractivity contribution < 1.29 is 9.53 Å². The summed E-state index contributed by atoms with van der Waals surface area (Å²) in [6.07, 6.45) is 0. The molecule has 1 amide bonds. The smallest absolute Gasteiger partial charge is 0.258 e. The minimum Gasteiger partial charge on any atom is -0.484 e. The van der Waals surface area contributed by atoms with Gasteiger partial charge in [0.15, 0.2) is 6.61 Å². The number of nitrogens with one attached hydrogen (secondary N) is 1. The fraction of sp³-hybridized carbons (Fsp3) is 0.238. The summed E-state index contributed by atoms with van der Waals surface area (Å²) in [6.45, 7) is 6.08. The summed E-state index contributed by atoms with van der Waals surface area (Å²) in [5.74, 6) is 0.432. The quantitative estimate of drug-likeness (QED) is 0.538. The van der Waals surface area contributed by atoms with Gasteiger partial charge < -0.3 is 10.1 Å². The first kappa shape index (κ1) is 20.6. The zero-order valence-electron chi connectivity index (χ0n) is 15.8. The van der Waals surface area contributed by atoms with E-state index in [1.54, 1.807) is 0 Å². The van der Waals surface area contributed by atoms with Gasteiger partial charge in [0.05, 0.1) is 17.3 Å². The third-order valence-electron chi connectivity index (χ3n) is 4.22. The van der Waals surface area contributed by atoms with Crippen LogP contribution < -0.4 is 10.1 Å². The molecule has 1 N–H and O–H groups in total. The Morgan fingerprint density at radius 2 is 1.82 bits per heavy atom. The normalized spacial score (nSPS) is 10.8. The van der Waals surface area contributed by atoms with E-state index in [-0.39, 0.29) is 12.5 Å². The van der Waals surface area contributed by atoms with E-state index in [4.69, 9.17) is 27.9 Å². The molecule has 0 aliphatic carbocycles. The standard InChI is InChI=1S/C21H20Cl2N2O2S/c1-12-8-15(9-13(2)20(12)23)27-11-19(26)24-10-18-14(3)25-21(28-18)16-6-4-5-7-17(16)22/h4-9H,10-11H2,1-3H3,(H,24,26). The maximum absolute atomic E-state index is 12.2. The number of rotatable bonds is 6. The summed E-state index contributed by atoms with van der Waals surface area (Å²) in [4.78, 5) is 17.7. The van der Waals surface area contributed by atoms with Gasteiger partial charge in [0.25, 0.3) is 5.91 Å². The topological polar surface area (TPSA) is 51.2 Å². The van der Waals surface area contributed by atoms with Gasteiger partial charge in [-0.05, 0) is 50.1 Å². The fourth-order valence-corrected chi connectivity index (χ4v) is 4.14. The van der Waals surface area contributed by atoms with Gasteiger partial charge in [-0.1, -0.05) is 41.4 Å². The first-order chi connectivity index (χ1) is 13.3. The van der Waals surface area contributed by atoms with Crippen molar-refractivity contribution in [2.75, 3.05) is 6.61 Å². The Hall–Kier alpha value is -2.08. The Kier molecular flexibility index (Phi) is 6.60. The maximum atomic E-state index is 12.2. The Bertz CT molecular complexity index is 994. The molecule has 0 radical (unpaired) electrons. The van der Waals surface area contributed by atoms with Crippen molar-refractivity contribution in [1.82, 2.24) is 10.3 Å². The van der Waals surface area contributed by atoms with Crippen molar-refractivity contribution in [1.29, 1.82) is 0 Å². The van der Waals surface area contributed by atoms with Crippen LogP contribution in [0.5, 0.6) is 5.75 Å². The van der Waals surface area contributed by atoms with Crippen molar-refractivity contribution >= 4 is 40.4 Å². The molecule has 0 unspecified atom stereocenters. The molecule has 1 aromatic heterocycles. The van der Waals surface area contributed by atoms with Crippen LogP contribution in [-0.4, -0.2) is 17.5 Å². The summed E-state index contributed by atoms with van der Waals surface area (Å²) in [6, 6.07) is 11.2. The van der Waals surface area contributed by atoms with Crippen LogP contribution in [0.2, 0.25) is 10.0 Å². The highest BCUT2D eigenvalue weighted by Crippen LogP contribution is 2.32. The number of carbonyl (C=O) groups is 1. The molecule has 3 aromatic rings. The molecule has 0 spiro atoms. The summed E-state index contributed by atoms with van der Waals surface area (Å²) in [5.41, 5.74) is 3.62. The Morgan fingerprint density at radius 3 is 2.50 bits per heavy atom. The van der Waals surface area contributed by atoms with Gasteiger partial charge in [-0.2, -0.15) is 0 Å². The predicted octanol–water partition coefficient (Wildman–Crippen LogP) is 5.74. The average molecular weight is 435 g/mol. The predicted molar refractivity (Wildman–Crippen MR) is 116 cm³/mol. The summed E-state index contributed by atoms with van der Waals surface area (Å²) < 4.78 is 5.59. The lowest BCUT2D eigenvalue weighted by Crippen LogP contribution is -2.28. The van der Waals surface area contributed by atoms with E-state index in [1.807, 2.05) is 57.2 Å². The number of aryl methyl sites for hydroxylation is 3. The molecule has 3 rings (SSSR count). The maximum Gasteiger partial charge on any atom is 0.258 e. The molecule has 146 valence electrons. The van der Waals surface area contributed by atoms with Gasteiger partial charge in [-0.15, -0.1) is 11.3 Å². The summed E-state index contributed by atoms with van der Waals surface area (Å²) in [7, 11) is 0. The molecule has 0 bridgehead atoms. The molecule has 28 heavy (non-hydrogen) atoms. The van der Waals surface area contributed by atoms with Crippen LogP contribution in [0.1, 0.15) is 21.7 Å². The number of aromatic nitrogens is 1. The molecule has 7 heteroatoms. The highest BCUT2D eigenvalue weighted by molar-refractivity contribution is 7.15. The number of halogens is 2. The Morgan fingerprint density at radius 1 is 1.14 bits per heavy atom. The number of ether oxygens (including phenoxy) is 1. The lowest BCUT2D eigenvalue weighted by atomic mass is 10.1. The van der Waals surface area contributed by atoms with Gasteiger partial charge in [0.1, 0.15) is 10.8 Å². The number of carbonyl (C=O) groups excluding carboxylic acids is 1. The molecule has 0 aliphatic heterocycles. The first-order valence-corrected chi connectivity index (χ1v) is 10.3. The molecule has 2 aromatic carbocycles. The summed E-state index contributed by atoms with van der Waals surface area (Å²) in [5, 5.41) is 5.10. The fourth-order valence-electron chi connectivity index (χ4n) is 2.71. The molecular formula is C21H20Cl2N2O2S. The molecule has 0 saturated heterocycles. The Labute approximate surface area is 178 Å². The van der Waals surface area contributed by atoms with E-state index in [9.17, 15) is 4.79 Å². The molecule has 0 aliphatic rings. The zero-order valence-corrected chi connectivity index (χ0v) is 18.1. The molecule has 0 saturated carbocycles. The van der Waals surface area contributed by atoms with Crippen LogP contribution in [0, 0.1) is 20.8 Å². The zero-order chi connectivity index (χ0) is 20.3. The van der Waals surface area contributed by atoms with Gasteiger partial charge in [-0.3, -0.25) is 4.79 Å². The van der Waals surface area contributed by atoms with Crippen LogP contribution in [0.3, 0.4) is 0 Å². The number of thiazole rings is 1. The Balaban J connectivity index is 1.59. The van der Waals surface area contributed by atoms with Crippen LogP contribution in [0.4, 0.5) is 0 Å². The van der Waals surface area contributed by atoms with E-state index in [0.29, 0.717) is 22.3 Å². The molecule has 0 atom stereocenters. The van der Waals surface area contributed by atoms with Gasteiger partial charge >= 0.3 is 0 Å². The van der Waals surface area contributed by atoms with Crippen molar-refractivity contribution in [2.24, 2.45) is 0 Å². The molecule has 0 fully saturated rings. The number of hydrogen-bond acceptors (Lipinski definition) is 4. The van der Waals surface area contributed by atoms with Crippen LogP contribution >= 0.6 is 34.5 Å². The highest BCUT2D eigenvalue weighted by atomic mass is 35.5. The lowest BCUT2D eigenvalue weighted by molar-refractivity contribution is -0.123. The van der Waals surface area contributed by atoms with Crippen LogP contribution in [0.15, 0.2) is 36.4 Å². The van der Waals surface area contributed by atoms with Crippen molar-refractivity contribution in [2.45, 2.75) is 27.3 Å². The number of amides is 1. The second kappa shape index (κ2) is 8.95. The van der Waals surface area contributed by atoms with Gasteiger partial charge in [-0.25, -0.2) is 4.98 Å². The van der Waals surface area contributed by atoms with Gasteiger partial charge in [0.2, 0.25) is 0 Å². The van der Waals surface area contributed by atoms with Crippen molar-refractivity contribution in [3.8, 4) is 16.3 Å². The molecule has 4 nitrogen and oxygen atoms in total. The van der Waals surface area contributed by atoms with E-state index in [1.165, 1.54) is 11.3 Å². The third-order valence-corrected chi connectivity index (χ3v) is 6.34. The number of nitrogens with zero attached hydrogens (tertiary/aromatic N) is 1. The second-order valence-corrected chi connectivity index (χ2v) is 8.31. The monoisotopic (exact) mass is 434 g/mol. The number of hydrogen-bond donors (Lipinski definition) is 1. The van der Waals surface area contributed by atoms with Gasteiger partial charge in [0, 0.05) is 15.5 Å². The molecule has 1 heterocycles. The number of benzene rings is 2.